The molecule has 0 heterocycles. The lowest BCUT2D eigenvalue weighted by Crippen LogP contribution is -2.15. The molecule has 0 atom stereocenters. The molecule has 2 heteroatoms. The van der Waals surface area contributed by atoms with Crippen molar-refractivity contribution in [2.75, 3.05) is 0 Å². The third-order valence-electron chi connectivity index (χ3n) is 3.06. The van der Waals surface area contributed by atoms with Gasteiger partial charge in [-0.3, -0.25) is 4.79 Å². The van der Waals surface area contributed by atoms with Gasteiger partial charge >= 0.3 is 0 Å². The van der Waals surface area contributed by atoms with Gasteiger partial charge in [0.15, 0.2) is 0 Å². The lowest BCUT2D eigenvalue weighted by atomic mass is 9.95. The molecule has 0 aliphatic carbocycles. The van der Waals surface area contributed by atoms with Crippen molar-refractivity contribution in [1.29, 1.82) is 0 Å². The van der Waals surface area contributed by atoms with E-state index >= 15 is 0 Å². The summed E-state index contributed by atoms with van der Waals surface area (Å²) in [6, 6.07) is 7.65. The second-order valence-electron chi connectivity index (χ2n) is 5.90. The first-order valence-electron chi connectivity index (χ1n) is 6.62. The quantitative estimate of drug-likeness (QED) is 0.837. The lowest BCUT2D eigenvalue weighted by Gasteiger charge is -2.17. The van der Waals surface area contributed by atoms with Crippen molar-refractivity contribution in [3.05, 3.63) is 35.4 Å². The van der Waals surface area contributed by atoms with Crippen LogP contribution >= 0.6 is 0 Å². The van der Waals surface area contributed by atoms with Crippen LogP contribution in [0.15, 0.2) is 24.3 Å². The molecule has 18 heavy (non-hydrogen) atoms. The Hall–Kier alpha value is -1.15. The third kappa shape index (κ3) is 5.01. The smallest absolute Gasteiger partial charge is 0.137 e. The predicted molar refractivity (Wildman–Crippen MR) is 74.5 cm³/mol. The van der Waals surface area contributed by atoms with Gasteiger partial charge in [0.05, 0.1) is 5.60 Å². The summed E-state index contributed by atoms with van der Waals surface area (Å²) in [7, 11) is 0. The molecule has 1 aromatic carbocycles. The minimum atomic E-state index is -0.819. The molecular weight excluding hydrogens is 224 g/mol. The summed E-state index contributed by atoms with van der Waals surface area (Å²) in [5.41, 5.74) is 1.08. The van der Waals surface area contributed by atoms with Gasteiger partial charge in [-0.05, 0) is 37.3 Å². The van der Waals surface area contributed by atoms with Gasteiger partial charge in [-0.1, -0.05) is 38.1 Å². The summed E-state index contributed by atoms with van der Waals surface area (Å²) in [6.07, 6.45) is 2.12. The van der Waals surface area contributed by atoms with Gasteiger partial charge in [0.2, 0.25) is 0 Å². The van der Waals surface area contributed by atoms with Gasteiger partial charge in [-0.15, -0.1) is 0 Å². The van der Waals surface area contributed by atoms with E-state index in [9.17, 15) is 9.90 Å². The van der Waals surface area contributed by atoms with Crippen LogP contribution in [0.25, 0.3) is 0 Å². The van der Waals surface area contributed by atoms with Gasteiger partial charge in [-0.25, -0.2) is 0 Å². The van der Waals surface area contributed by atoms with Gasteiger partial charge < -0.3 is 5.11 Å². The standard InChI is InChI=1S/C16H24O2/c1-12(2)5-10-15(17)11-13-6-8-14(9-7-13)16(3,4)18/h6-9,12,18H,5,10-11H2,1-4H3. The highest BCUT2D eigenvalue weighted by atomic mass is 16.3. The van der Waals surface area contributed by atoms with Crippen molar-refractivity contribution in [2.24, 2.45) is 5.92 Å². The number of benzene rings is 1. The number of carbonyl (C=O) groups is 1. The molecule has 0 radical (unpaired) electrons. The number of carbonyl (C=O) groups excluding carboxylic acids is 1. The Labute approximate surface area is 110 Å². The molecule has 0 aliphatic rings. The fraction of sp³-hybridized carbons (Fsp3) is 0.562. The Bertz CT molecular complexity index is 383. The first-order valence-corrected chi connectivity index (χ1v) is 6.62. The number of ketones is 1. The zero-order chi connectivity index (χ0) is 13.8. The lowest BCUT2D eigenvalue weighted by molar-refractivity contribution is -0.118. The van der Waals surface area contributed by atoms with Crippen LogP contribution in [-0.2, 0) is 16.8 Å². The molecule has 0 fully saturated rings. The average Bonchev–Trinajstić information content (AvgIpc) is 2.26. The van der Waals surface area contributed by atoms with Crippen LogP contribution < -0.4 is 0 Å². The third-order valence-corrected chi connectivity index (χ3v) is 3.06. The van der Waals surface area contributed by atoms with Crippen molar-refractivity contribution in [1.82, 2.24) is 0 Å². The highest BCUT2D eigenvalue weighted by Crippen LogP contribution is 2.20. The van der Waals surface area contributed by atoms with E-state index < -0.39 is 5.60 Å². The first-order chi connectivity index (χ1) is 8.29. The zero-order valence-electron chi connectivity index (χ0n) is 11.9. The molecule has 0 aromatic heterocycles. The van der Waals surface area contributed by atoms with Crippen LogP contribution in [0.2, 0.25) is 0 Å². The summed E-state index contributed by atoms with van der Waals surface area (Å²) < 4.78 is 0. The SMILES string of the molecule is CC(C)CCC(=O)Cc1ccc(C(C)(C)O)cc1. The molecule has 1 N–H and O–H groups in total. The van der Waals surface area contributed by atoms with E-state index in [1.807, 2.05) is 24.3 Å². The van der Waals surface area contributed by atoms with E-state index in [1.165, 1.54) is 0 Å². The number of hydrogen-bond donors (Lipinski definition) is 1. The van der Waals surface area contributed by atoms with Gasteiger partial charge in [-0.2, -0.15) is 0 Å². The average molecular weight is 248 g/mol. The number of rotatable bonds is 6. The maximum absolute atomic E-state index is 11.7. The molecule has 1 aromatic rings. The van der Waals surface area contributed by atoms with Crippen LogP contribution in [0.4, 0.5) is 0 Å². The fourth-order valence-electron chi connectivity index (χ4n) is 1.80. The van der Waals surface area contributed by atoms with E-state index in [-0.39, 0.29) is 0 Å². The topological polar surface area (TPSA) is 37.3 Å². The molecule has 2 nitrogen and oxygen atoms in total. The minimum absolute atomic E-state index is 0.291. The van der Waals surface area contributed by atoms with Crippen LogP contribution in [0.3, 0.4) is 0 Å². The molecule has 0 saturated carbocycles. The van der Waals surface area contributed by atoms with E-state index in [0.29, 0.717) is 24.5 Å². The Kier molecular flexibility index (Phi) is 5.09. The number of aliphatic hydroxyl groups is 1. The predicted octanol–water partition coefficient (Wildman–Crippen LogP) is 3.46. The highest BCUT2D eigenvalue weighted by molar-refractivity contribution is 5.80. The van der Waals surface area contributed by atoms with Crippen LogP contribution in [0.5, 0.6) is 0 Å². The molecule has 100 valence electrons. The molecule has 0 unspecified atom stereocenters. The molecule has 0 aliphatic heterocycles. The second kappa shape index (κ2) is 6.14. The number of Topliss-reactive ketones (excluding diaryl/α,β-unsaturated/α-hetero) is 1. The van der Waals surface area contributed by atoms with Crippen LogP contribution in [-0.4, -0.2) is 10.9 Å². The van der Waals surface area contributed by atoms with Crippen molar-refractivity contribution < 1.29 is 9.90 Å². The van der Waals surface area contributed by atoms with Crippen LogP contribution in [0, 0.1) is 5.92 Å². The maximum atomic E-state index is 11.7. The second-order valence-corrected chi connectivity index (χ2v) is 5.90. The summed E-state index contributed by atoms with van der Waals surface area (Å²) in [5.74, 6) is 0.867. The monoisotopic (exact) mass is 248 g/mol. The van der Waals surface area contributed by atoms with E-state index in [2.05, 4.69) is 13.8 Å². The maximum Gasteiger partial charge on any atom is 0.137 e. The molecular formula is C16H24O2. The first kappa shape index (κ1) is 14.9. The summed E-state index contributed by atoms with van der Waals surface area (Å²) >= 11 is 0. The Morgan fingerprint density at radius 3 is 2.22 bits per heavy atom. The molecule has 0 spiro atoms. The molecule has 0 amide bonds. The minimum Gasteiger partial charge on any atom is -0.386 e. The van der Waals surface area contributed by atoms with E-state index in [4.69, 9.17) is 0 Å². The summed E-state index contributed by atoms with van der Waals surface area (Å²) in [5, 5.41) is 9.84. The zero-order valence-corrected chi connectivity index (χ0v) is 11.9. The van der Waals surface area contributed by atoms with E-state index in [1.54, 1.807) is 13.8 Å². The molecule has 0 bridgehead atoms. The molecule has 0 saturated heterocycles. The normalized spacial score (nSPS) is 11.9. The Morgan fingerprint density at radius 1 is 1.22 bits per heavy atom. The fourth-order valence-corrected chi connectivity index (χ4v) is 1.80. The Morgan fingerprint density at radius 2 is 1.78 bits per heavy atom. The van der Waals surface area contributed by atoms with Gasteiger partial charge in [0, 0.05) is 12.8 Å². The number of hydrogen-bond acceptors (Lipinski definition) is 2. The molecule has 1 rings (SSSR count). The van der Waals surface area contributed by atoms with E-state index in [0.717, 1.165) is 17.5 Å². The van der Waals surface area contributed by atoms with Crippen LogP contribution in [0.1, 0.15) is 51.7 Å². The van der Waals surface area contributed by atoms with Crippen molar-refractivity contribution in [3.8, 4) is 0 Å². The summed E-state index contributed by atoms with van der Waals surface area (Å²) in [4.78, 5) is 11.7. The van der Waals surface area contributed by atoms with Gasteiger partial charge in [0.1, 0.15) is 5.78 Å². The Balaban J connectivity index is 2.56. The highest BCUT2D eigenvalue weighted by Gasteiger charge is 2.15. The van der Waals surface area contributed by atoms with Crippen molar-refractivity contribution in [3.63, 3.8) is 0 Å². The largest absolute Gasteiger partial charge is 0.386 e. The van der Waals surface area contributed by atoms with Crippen molar-refractivity contribution in [2.45, 2.75) is 52.6 Å². The summed E-state index contributed by atoms with van der Waals surface area (Å²) in [6.45, 7) is 7.78. The van der Waals surface area contributed by atoms with Gasteiger partial charge in [0.25, 0.3) is 0 Å². The van der Waals surface area contributed by atoms with Crippen molar-refractivity contribution >= 4 is 5.78 Å².